The lowest BCUT2D eigenvalue weighted by atomic mass is 10.0. The van der Waals surface area contributed by atoms with E-state index in [1.165, 1.54) is 22.8 Å². The van der Waals surface area contributed by atoms with Crippen LogP contribution in [0.15, 0.2) is 36.7 Å². The number of benzene rings is 1. The molecule has 0 saturated heterocycles. The van der Waals surface area contributed by atoms with Crippen molar-refractivity contribution in [3.8, 4) is 0 Å². The number of pyridine rings is 1. The Balaban J connectivity index is 2.11. The molecule has 1 aromatic carbocycles. The van der Waals surface area contributed by atoms with E-state index >= 15 is 0 Å². The molecule has 2 N–H and O–H groups in total. The van der Waals surface area contributed by atoms with Crippen molar-refractivity contribution in [1.29, 1.82) is 0 Å². The maximum Gasteiger partial charge on any atom is 0.0346 e. The summed E-state index contributed by atoms with van der Waals surface area (Å²) < 4.78 is 0. The van der Waals surface area contributed by atoms with E-state index in [4.69, 9.17) is 5.73 Å². The highest BCUT2D eigenvalue weighted by atomic mass is 14.6. The van der Waals surface area contributed by atoms with Crippen molar-refractivity contribution in [2.45, 2.75) is 12.3 Å². The zero-order chi connectivity index (χ0) is 10.3. The van der Waals surface area contributed by atoms with E-state index in [0.717, 1.165) is 6.54 Å². The summed E-state index contributed by atoms with van der Waals surface area (Å²) in [6.45, 7) is 0.812. The third-order valence-electron chi connectivity index (χ3n) is 3.34. The van der Waals surface area contributed by atoms with E-state index < -0.39 is 0 Å². The fourth-order valence-electron chi connectivity index (χ4n) is 2.36. The molecule has 2 nitrogen and oxygen atoms in total. The topological polar surface area (TPSA) is 38.9 Å². The average Bonchev–Trinajstić information content (AvgIpc) is 3.07. The summed E-state index contributed by atoms with van der Waals surface area (Å²) in [6, 6.07) is 8.57. The van der Waals surface area contributed by atoms with E-state index in [-0.39, 0.29) is 0 Å². The number of nitrogens with two attached hydrogens (primary N) is 1. The summed E-state index contributed by atoms with van der Waals surface area (Å²) in [7, 11) is 0. The Labute approximate surface area is 89.1 Å². The minimum absolute atomic E-state index is 0.682. The predicted molar refractivity (Wildman–Crippen MR) is 61.6 cm³/mol. The van der Waals surface area contributed by atoms with Crippen LogP contribution in [0.3, 0.4) is 0 Å². The van der Waals surface area contributed by atoms with Crippen LogP contribution in [0.1, 0.15) is 17.9 Å². The number of hydrogen-bond donors (Lipinski definition) is 1. The molecule has 2 atom stereocenters. The molecule has 2 heteroatoms. The summed E-state index contributed by atoms with van der Waals surface area (Å²) in [5, 5.41) is 2.58. The first-order chi connectivity index (χ1) is 7.40. The van der Waals surface area contributed by atoms with Crippen LogP contribution in [0.4, 0.5) is 0 Å². The molecule has 3 rings (SSSR count). The van der Waals surface area contributed by atoms with Crippen LogP contribution >= 0.6 is 0 Å². The molecule has 1 saturated carbocycles. The zero-order valence-electron chi connectivity index (χ0n) is 8.56. The molecular formula is C13H14N2. The van der Waals surface area contributed by atoms with Gasteiger partial charge in [0.15, 0.2) is 0 Å². The monoisotopic (exact) mass is 198 g/mol. The molecule has 1 aliphatic carbocycles. The molecule has 1 heterocycles. The van der Waals surface area contributed by atoms with Crippen molar-refractivity contribution >= 4 is 10.8 Å². The highest BCUT2D eigenvalue weighted by molar-refractivity contribution is 5.85. The van der Waals surface area contributed by atoms with E-state index in [9.17, 15) is 0 Å². The molecule has 0 aliphatic heterocycles. The van der Waals surface area contributed by atoms with Crippen LogP contribution in [-0.2, 0) is 0 Å². The summed E-state index contributed by atoms with van der Waals surface area (Å²) in [6.07, 6.45) is 5.04. The summed E-state index contributed by atoms with van der Waals surface area (Å²) >= 11 is 0. The third kappa shape index (κ3) is 1.41. The second-order valence-corrected chi connectivity index (χ2v) is 4.28. The van der Waals surface area contributed by atoms with Gasteiger partial charge in [-0.05, 0) is 41.8 Å². The van der Waals surface area contributed by atoms with Crippen molar-refractivity contribution in [3.05, 3.63) is 42.2 Å². The van der Waals surface area contributed by atoms with E-state index in [0.29, 0.717) is 11.8 Å². The molecule has 1 aromatic heterocycles. The Bertz CT molecular complexity index is 487. The number of rotatable bonds is 2. The van der Waals surface area contributed by atoms with E-state index in [2.05, 4.69) is 29.2 Å². The fraction of sp³-hybridized carbons (Fsp3) is 0.308. The zero-order valence-corrected chi connectivity index (χ0v) is 8.56. The van der Waals surface area contributed by atoms with Crippen LogP contribution in [-0.4, -0.2) is 11.5 Å². The number of fused-ring (bicyclic) bond motifs is 1. The van der Waals surface area contributed by atoms with Crippen molar-refractivity contribution in [2.24, 2.45) is 11.7 Å². The molecule has 0 radical (unpaired) electrons. The third-order valence-corrected chi connectivity index (χ3v) is 3.34. The Morgan fingerprint density at radius 3 is 3.07 bits per heavy atom. The van der Waals surface area contributed by atoms with Crippen molar-refractivity contribution < 1.29 is 0 Å². The van der Waals surface area contributed by atoms with Crippen molar-refractivity contribution in [3.63, 3.8) is 0 Å². The lowest BCUT2D eigenvalue weighted by Gasteiger charge is -2.04. The van der Waals surface area contributed by atoms with E-state index in [1.54, 1.807) is 0 Å². The summed E-state index contributed by atoms with van der Waals surface area (Å²) in [5.41, 5.74) is 7.14. The molecule has 76 valence electrons. The Morgan fingerprint density at radius 1 is 1.33 bits per heavy atom. The van der Waals surface area contributed by atoms with Gasteiger partial charge in [0.1, 0.15) is 0 Å². The molecular weight excluding hydrogens is 184 g/mol. The second-order valence-electron chi connectivity index (χ2n) is 4.28. The molecule has 15 heavy (non-hydrogen) atoms. The first-order valence-electron chi connectivity index (χ1n) is 5.43. The van der Waals surface area contributed by atoms with Gasteiger partial charge < -0.3 is 5.73 Å². The van der Waals surface area contributed by atoms with Gasteiger partial charge >= 0.3 is 0 Å². The number of hydrogen-bond acceptors (Lipinski definition) is 2. The largest absolute Gasteiger partial charge is 0.330 e. The lowest BCUT2D eigenvalue weighted by Crippen LogP contribution is -2.02. The highest BCUT2D eigenvalue weighted by Gasteiger charge is 2.37. The van der Waals surface area contributed by atoms with Crippen LogP contribution in [0.25, 0.3) is 10.8 Å². The predicted octanol–water partition coefficient (Wildman–Crippen LogP) is 2.30. The SMILES string of the molecule is NCC1CC1c1cccc2cnccc12. The lowest BCUT2D eigenvalue weighted by molar-refractivity contribution is 0.812. The van der Waals surface area contributed by atoms with Crippen LogP contribution in [0.2, 0.25) is 0 Å². The first kappa shape index (κ1) is 8.86. The van der Waals surface area contributed by atoms with Gasteiger partial charge in [-0.15, -0.1) is 0 Å². The quantitative estimate of drug-likeness (QED) is 0.804. The molecule has 2 unspecified atom stereocenters. The average molecular weight is 198 g/mol. The molecule has 1 aliphatic rings. The molecule has 0 amide bonds. The summed E-state index contributed by atoms with van der Waals surface area (Å²) in [5.74, 6) is 1.38. The van der Waals surface area contributed by atoms with Crippen LogP contribution < -0.4 is 5.73 Å². The second kappa shape index (κ2) is 3.31. The fourth-order valence-corrected chi connectivity index (χ4v) is 2.36. The van der Waals surface area contributed by atoms with Gasteiger partial charge in [-0.3, -0.25) is 4.98 Å². The maximum absolute atomic E-state index is 5.69. The van der Waals surface area contributed by atoms with Crippen molar-refractivity contribution in [1.82, 2.24) is 4.98 Å². The normalized spacial score (nSPS) is 24.3. The van der Waals surface area contributed by atoms with E-state index in [1.807, 2.05) is 12.4 Å². The molecule has 2 aromatic rings. The van der Waals surface area contributed by atoms with Crippen LogP contribution in [0.5, 0.6) is 0 Å². The number of aromatic nitrogens is 1. The standard InChI is InChI=1S/C13H14N2/c14-7-10-6-13(10)12-3-1-2-9-8-15-5-4-11(9)12/h1-5,8,10,13H,6-7,14H2. The van der Waals surface area contributed by atoms with Gasteiger partial charge in [-0.25, -0.2) is 0 Å². The Hall–Kier alpha value is -1.41. The molecule has 1 fully saturated rings. The smallest absolute Gasteiger partial charge is 0.0346 e. The Kier molecular flexibility index (Phi) is 1.96. The summed E-state index contributed by atoms with van der Waals surface area (Å²) in [4.78, 5) is 4.15. The highest BCUT2D eigenvalue weighted by Crippen LogP contribution is 2.48. The van der Waals surface area contributed by atoms with Gasteiger partial charge in [0.25, 0.3) is 0 Å². The molecule has 0 spiro atoms. The minimum atomic E-state index is 0.682. The van der Waals surface area contributed by atoms with Gasteiger partial charge in [-0.1, -0.05) is 18.2 Å². The maximum atomic E-state index is 5.69. The number of nitrogens with zero attached hydrogens (tertiary/aromatic N) is 1. The first-order valence-corrected chi connectivity index (χ1v) is 5.43. The van der Waals surface area contributed by atoms with Crippen molar-refractivity contribution in [2.75, 3.05) is 6.54 Å². The van der Waals surface area contributed by atoms with Gasteiger partial charge in [0.05, 0.1) is 0 Å². The van der Waals surface area contributed by atoms with Gasteiger partial charge in [-0.2, -0.15) is 0 Å². The molecule has 0 bridgehead atoms. The van der Waals surface area contributed by atoms with Gasteiger partial charge in [0, 0.05) is 17.8 Å². The minimum Gasteiger partial charge on any atom is -0.330 e. The van der Waals surface area contributed by atoms with Crippen LogP contribution in [0, 0.1) is 5.92 Å². The Morgan fingerprint density at radius 2 is 2.27 bits per heavy atom. The van der Waals surface area contributed by atoms with Gasteiger partial charge in [0.2, 0.25) is 0 Å².